The van der Waals surface area contributed by atoms with Crippen molar-refractivity contribution < 1.29 is 17.9 Å². The van der Waals surface area contributed by atoms with Crippen LogP contribution in [0.4, 0.5) is 0 Å². The number of hydrogen-bond acceptors (Lipinski definition) is 4. The van der Waals surface area contributed by atoms with Gasteiger partial charge in [0.05, 0.1) is 18.0 Å². The number of hydrogen-bond donors (Lipinski definition) is 1. The molecule has 1 heterocycles. The van der Waals surface area contributed by atoms with Gasteiger partial charge in [0.2, 0.25) is 15.9 Å². The third kappa shape index (κ3) is 5.70. The minimum absolute atomic E-state index is 0.0814. The lowest BCUT2D eigenvalue weighted by molar-refractivity contribution is -0.121. The van der Waals surface area contributed by atoms with Crippen molar-refractivity contribution in [3.8, 4) is 5.75 Å². The lowest BCUT2D eigenvalue weighted by Gasteiger charge is -2.26. The van der Waals surface area contributed by atoms with Crippen LogP contribution in [0.2, 0.25) is 0 Å². The normalized spacial score (nSPS) is 15.9. The summed E-state index contributed by atoms with van der Waals surface area (Å²) < 4.78 is 33.1. The smallest absolute Gasteiger partial charge is 0.243 e. The number of piperidine rings is 1. The number of nitrogens with one attached hydrogen (secondary N) is 1. The summed E-state index contributed by atoms with van der Waals surface area (Å²) in [4.78, 5) is 12.9. The number of carbonyl (C=O) groups is 1. The maximum absolute atomic E-state index is 13.0. The Morgan fingerprint density at radius 3 is 2.44 bits per heavy atom. The minimum atomic E-state index is -3.53. The van der Waals surface area contributed by atoms with E-state index in [4.69, 9.17) is 4.74 Å². The van der Waals surface area contributed by atoms with Gasteiger partial charge in [-0.2, -0.15) is 4.31 Å². The van der Waals surface area contributed by atoms with E-state index in [0.29, 0.717) is 25.3 Å². The molecule has 0 saturated carbocycles. The first-order valence-electron chi connectivity index (χ1n) is 11.3. The third-order valence-corrected chi connectivity index (χ3v) is 8.13. The first kappa shape index (κ1) is 24.3. The van der Waals surface area contributed by atoms with Crippen LogP contribution in [0.15, 0.2) is 41.3 Å². The number of amides is 1. The van der Waals surface area contributed by atoms with Gasteiger partial charge in [-0.15, -0.1) is 0 Å². The van der Waals surface area contributed by atoms with E-state index in [1.54, 1.807) is 29.6 Å². The molecule has 32 heavy (non-hydrogen) atoms. The van der Waals surface area contributed by atoms with E-state index >= 15 is 0 Å². The Hall–Kier alpha value is -2.38. The zero-order valence-corrected chi connectivity index (χ0v) is 20.3. The summed E-state index contributed by atoms with van der Waals surface area (Å²) in [6.45, 7) is 7.21. The van der Waals surface area contributed by atoms with Crippen LogP contribution in [0.25, 0.3) is 0 Å². The van der Waals surface area contributed by atoms with E-state index in [-0.39, 0.29) is 23.3 Å². The van der Waals surface area contributed by atoms with Crippen molar-refractivity contribution in [2.24, 2.45) is 0 Å². The Morgan fingerprint density at radius 2 is 1.78 bits per heavy atom. The molecule has 0 aliphatic carbocycles. The van der Waals surface area contributed by atoms with Crippen LogP contribution in [0.1, 0.15) is 60.9 Å². The molecule has 0 aromatic heterocycles. The molecule has 1 saturated heterocycles. The molecule has 0 bridgehead atoms. The van der Waals surface area contributed by atoms with Crippen LogP contribution in [0.3, 0.4) is 0 Å². The molecule has 174 valence electrons. The lowest BCUT2D eigenvalue weighted by Crippen LogP contribution is -2.35. The summed E-state index contributed by atoms with van der Waals surface area (Å²) in [5, 5.41) is 3.04. The highest BCUT2D eigenvalue weighted by Crippen LogP contribution is 2.27. The molecule has 1 aliphatic rings. The maximum atomic E-state index is 13.0. The Bertz CT molecular complexity index is 1060. The van der Waals surface area contributed by atoms with Crippen LogP contribution in [0, 0.1) is 13.8 Å². The SMILES string of the molecule is COc1ccc(S(=O)(=O)N2CCCCC2)cc1CCC(=O)NC(C)c1ccc(C)c(C)c1. The highest BCUT2D eigenvalue weighted by molar-refractivity contribution is 7.89. The Morgan fingerprint density at radius 1 is 1.06 bits per heavy atom. The molecule has 0 spiro atoms. The van der Waals surface area contributed by atoms with E-state index in [2.05, 4.69) is 31.3 Å². The summed E-state index contributed by atoms with van der Waals surface area (Å²) in [6.07, 6.45) is 3.49. The number of aryl methyl sites for hydroxylation is 3. The molecule has 2 aromatic rings. The predicted octanol–water partition coefficient (Wildman–Crippen LogP) is 4.30. The van der Waals surface area contributed by atoms with Gasteiger partial charge in [-0.25, -0.2) is 8.42 Å². The van der Waals surface area contributed by atoms with Gasteiger partial charge < -0.3 is 10.1 Å². The number of nitrogens with zero attached hydrogens (tertiary/aromatic N) is 1. The van der Waals surface area contributed by atoms with Gasteiger partial charge >= 0.3 is 0 Å². The van der Waals surface area contributed by atoms with Crippen molar-refractivity contribution in [3.05, 3.63) is 58.7 Å². The number of sulfonamides is 1. The van der Waals surface area contributed by atoms with Gasteiger partial charge in [-0.05, 0) is 80.5 Å². The highest BCUT2D eigenvalue weighted by atomic mass is 32.2. The molecule has 6 nitrogen and oxygen atoms in total. The first-order valence-corrected chi connectivity index (χ1v) is 12.7. The van der Waals surface area contributed by atoms with Gasteiger partial charge in [-0.1, -0.05) is 24.6 Å². The molecule has 1 atom stereocenters. The minimum Gasteiger partial charge on any atom is -0.496 e. The van der Waals surface area contributed by atoms with E-state index in [9.17, 15) is 13.2 Å². The van der Waals surface area contributed by atoms with Crippen LogP contribution in [0.5, 0.6) is 5.75 Å². The number of rotatable bonds is 8. The van der Waals surface area contributed by atoms with E-state index in [1.165, 1.54) is 11.1 Å². The zero-order chi connectivity index (χ0) is 23.3. The number of methoxy groups -OCH3 is 1. The van der Waals surface area contributed by atoms with Crippen LogP contribution >= 0.6 is 0 Å². The standard InChI is InChI=1S/C25H34N2O4S/c1-18-8-9-21(16-19(18)2)20(3)26-25(28)13-10-22-17-23(11-12-24(22)31-4)32(29,30)27-14-6-5-7-15-27/h8-9,11-12,16-17,20H,5-7,10,13-15H2,1-4H3,(H,26,28). The Kier molecular flexibility index (Phi) is 7.96. The monoisotopic (exact) mass is 458 g/mol. The second kappa shape index (κ2) is 10.5. The van der Waals surface area contributed by atoms with Crippen LogP contribution in [-0.4, -0.2) is 38.8 Å². The molecule has 1 aliphatic heterocycles. The topological polar surface area (TPSA) is 75.7 Å². The summed E-state index contributed by atoms with van der Waals surface area (Å²) in [5.74, 6) is 0.514. The molecule has 1 fully saturated rings. The van der Waals surface area contributed by atoms with E-state index < -0.39 is 10.0 Å². The predicted molar refractivity (Wildman–Crippen MR) is 126 cm³/mol. The Labute approximate surface area is 192 Å². The Balaban J connectivity index is 1.68. The quantitative estimate of drug-likeness (QED) is 0.640. The van der Waals surface area contributed by atoms with Crippen LogP contribution < -0.4 is 10.1 Å². The fraction of sp³-hybridized carbons (Fsp3) is 0.480. The van der Waals surface area contributed by atoms with Gasteiger partial charge in [0.15, 0.2) is 0 Å². The van der Waals surface area contributed by atoms with Crippen molar-refractivity contribution in [1.82, 2.24) is 9.62 Å². The highest BCUT2D eigenvalue weighted by Gasteiger charge is 2.26. The molecule has 7 heteroatoms. The van der Waals surface area contributed by atoms with Gasteiger partial charge in [0, 0.05) is 19.5 Å². The summed E-state index contributed by atoms with van der Waals surface area (Å²) in [6, 6.07) is 11.0. The van der Waals surface area contributed by atoms with Crippen molar-refractivity contribution in [2.45, 2.75) is 63.8 Å². The van der Waals surface area contributed by atoms with E-state index in [1.807, 2.05) is 13.0 Å². The first-order chi connectivity index (χ1) is 15.2. The second-order valence-corrected chi connectivity index (χ2v) is 10.5. The largest absolute Gasteiger partial charge is 0.496 e. The number of ether oxygens (including phenoxy) is 1. The van der Waals surface area contributed by atoms with Crippen molar-refractivity contribution >= 4 is 15.9 Å². The summed E-state index contributed by atoms with van der Waals surface area (Å²) in [5.41, 5.74) is 4.20. The molecule has 1 unspecified atom stereocenters. The fourth-order valence-electron chi connectivity index (χ4n) is 4.04. The summed E-state index contributed by atoms with van der Waals surface area (Å²) in [7, 11) is -1.98. The van der Waals surface area contributed by atoms with Gasteiger partial charge in [0.1, 0.15) is 5.75 Å². The molecule has 1 N–H and O–H groups in total. The number of benzene rings is 2. The summed E-state index contributed by atoms with van der Waals surface area (Å²) >= 11 is 0. The van der Waals surface area contributed by atoms with Crippen molar-refractivity contribution in [2.75, 3.05) is 20.2 Å². The molecule has 0 radical (unpaired) electrons. The maximum Gasteiger partial charge on any atom is 0.243 e. The molecule has 2 aromatic carbocycles. The lowest BCUT2D eigenvalue weighted by atomic mass is 10.0. The van der Waals surface area contributed by atoms with Gasteiger partial charge in [-0.3, -0.25) is 4.79 Å². The molecule has 1 amide bonds. The second-order valence-electron chi connectivity index (χ2n) is 8.57. The number of carbonyl (C=O) groups excluding carboxylic acids is 1. The molecule has 3 rings (SSSR count). The third-order valence-electron chi connectivity index (χ3n) is 6.23. The molecular weight excluding hydrogens is 424 g/mol. The molecular formula is C25H34N2O4S. The fourth-order valence-corrected chi connectivity index (χ4v) is 5.61. The van der Waals surface area contributed by atoms with Crippen LogP contribution in [-0.2, 0) is 21.2 Å². The van der Waals surface area contributed by atoms with Crippen molar-refractivity contribution in [3.63, 3.8) is 0 Å². The van der Waals surface area contributed by atoms with Gasteiger partial charge in [0.25, 0.3) is 0 Å². The van der Waals surface area contributed by atoms with Crippen molar-refractivity contribution in [1.29, 1.82) is 0 Å². The average molecular weight is 459 g/mol. The zero-order valence-electron chi connectivity index (χ0n) is 19.5. The average Bonchev–Trinajstić information content (AvgIpc) is 2.79. The van der Waals surface area contributed by atoms with E-state index in [0.717, 1.165) is 30.4 Å².